The van der Waals surface area contributed by atoms with Crippen LogP contribution in [0.1, 0.15) is 50.3 Å². The predicted octanol–water partition coefficient (Wildman–Crippen LogP) is 4.23. The van der Waals surface area contributed by atoms with Crippen molar-refractivity contribution in [3.63, 3.8) is 0 Å². The van der Waals surface area contributed by atoms with Crippen LogP contribution in [0, 0.1) is 13.8 Å². The Bertz CT molecular complexity index is 1030. The fourth-order valence-corrected chi connectivity index (χ4v) is 4.49. The molecular formula is C24H31ClN4O4. The van der Waals surface area contributed by atoms with Gasteiger partial charge in [-0.3, -0.25) is 0 Å². The number of aromatic nitrogens is 2. The second-order valence-corrected chi connectivity index (χ2v) is 9.47. The Balaban J connectivity index is 1.70. The summed E-state index contributed by atoms with van der Waals surface area (Å²) >= 11 is 6.76. The molecule has 0 saturated carbocycles. The van der Waals surface area contributed by atoms with E-state index in [-0.39, 0.29) is 12.1 Å². The molecule has 0 aliphatic carbocycles. The van der Waals surface area contributed by atoms with Crippen molar-refractivity contribution < 1.29 is 19.0 Å². The third-order valence-corrected chi connectivity index (χ3v) is 6.10. The Morgan fingerprint density at radius 2 is 2.09 bits per heavy atom. The highest BCUT2D eigenvalue weighted by atomic mass is 35.5. The van der Waals surface area contributed by atoms with Crippen LogP contribution in [0.25, 0.3) is 0 Å². The third-order valence-electron chi connectivity index (χ3n) is 5.77. The number of esters is 1. The van der Waals surface area contributed by atoms with Crippen molar-refractivity contribution in [1.82, 2.24) is 9.97 Å². The van der Waals surface area contributed by atoms with E-state index in [1.54, 1.807) is 6.92 Å². The molecule has 4 rings (SSSR count). The molecule has 0 unspecified atom stereocenters. The van der Waals surface area contributed by atoms with Gasteiger partial charge in [-0.25, -0.2) is 14.8 Å². The van der Waals surface area contributed by atoms with Crippen LogP contribution >= 0.6 is 11.6 Å². The van der Waals surface area contributed by atoms with E-state index >= 15 is 0 Å². The maximum absolute atomic E-state index is 12.7. The lowest BCUT2D eigenvalue weighted by Gasteiger charge is -2.36. The average Bonchev–Trinajstić information content (AvgIpc) is 2.98. The second kappa shape index (κ2) is 9.35. The van der Waals surface area contributed by atoms with Crippen LogP contribution in [-0.4, -0.2) is 53.9 Å². The quantitative estimate of drug-likeness (QED) is 0.659. The number of fused-ring (bicyclic) bond motifs is 1. The number of hydrogen-bond acceptors (Lipinski definition) is 8. The summed E-state index contributed by atoms with van der Waals surface area (Å²) in [6.45, 7) is 11.4. The number of aryl methyl sites for hydroxylation is 2. The molecule has 33 heavy (non-hydrogen) atoms. The van der Waals surface area contributed by atoms with E-state index in [0.29, 0.717) is 30.5 Å². The van der Waals surface area contributed by atoms with Crippen molar-refractivity contribution in [3.05, 3.63) is 40.3 Å². The number of carbonyl (C=O) groups excluding carboxylic acids is 1. The van der Waals surface area contributed by atoms with Gasteiger partial charge in [0.15, 0.2) is 0 Å². The molecule has 8 nitrogen and oxygen atoms in total. The van der Waals surface area contributed by atoms with Gasteiger partial charge in [0.05, 0.1) is 31.0 Å². The average molecular weight is 475 g/mol. The van der Waals surface area contributed by atoms with E-state index < -0.39 is 11.6 Å². The molecule has 1 aromatic carbocycles. The van der Waals surface area contributed by atoms with Crippen LogP contribution in [0.2, 0.25) is 5.02 Å². The number of hydrogen-bond donors (Lipinski definition) is 1. The zero-order valence-corrected chi connectivity index (χ0v) is 20.5. The SMILES string of the molecule is Cc1cc(N2CCCOC[C@@H]2c2cc3c(cc2Cl)NC[C@@](C)(C(=O)OC(C)C)O3)nc(C)n1. The minimum atomic E-state index is -1.14. The van der Waals surface area contributed by atoms with Crippen molar-refractivity contribution in [2.75, 3.05) is 36.5 Å². The zero-order chi connectivity index (χ0) is 23.8. The van der Waals surface area contributed by atoms with Crippen LogP contribution in [-0.2, 0) is 14.3 Å². The molecular weight excluding hydrogens is 444 g/mol. The maximum atomic E-state index is 12.7. The highest BCUT2D eigenvalue weighted by Gasteiger charge is 2.42. The first kappa shape index (κ1) is 23.6. The third kappa shape index (κ3) is 5.01. The molecule has 2 atom stereocenters. The van der Waals surface area contributed by atoms with Gasteiger partial charge in [-0.1, -0.05) is 11.6 Å². The van der Waals surface area contributed by atoms with Crippen LogP contribution in [0.5, 0.6) is 5.75 Å². The second-order valence-electron chi connectivity index (χ2n) is 9.06. The number of halogens is 1. The molecule has 9 heteroatoms. The summed E-state index contributed by atoms with van der Waals surface area (Å²) in [4.78, 5) is 24.0. The van der Waals surface area contributed by atoms with Gasteiger partial charge < -0.3 is 24.4 Å². The minimum Gasteiger partial charge on any atom is -0.472 e. The van der Waals surface area contributed by atoms with E-state index in [9.17, 15) is 4.79 Å². The van der Waals surface area contributed by atoms with Gasteiger partial charge in [0.2, 0.25) is 5.60 Å². The first-order valence-corrected chi connectivity index (χ1v) is 11.7. The van der Waals surface area contributed by atoms with E-state index in [4.69, 9.17) is 25.8 Å². The first-order valence-electron chi connectivity index (χ1n) is 11.3. The molecule has 2 aromatic rings. The van der Waals surface area contributed by atoms with Gasteiger partial charge in [0.25, 0.3) is 0 Å². The zero-order valence-electron chi connectivity index (χ0n) is 19.8. The summed E-state index contributed by atoms with van der Waals surface area (Å²) in [5.74, 6) is 1.72. The molecule has 3 heterocycles. The van der Waals surface area contributed by atoms with E-state index in [1.165, 1.54) is 0 Å². The number of ether oxygens (including phenoxy) is 3. The molecule has 2 aliphatic heterocycles. The summed E-state index contributed by atoms with van der Waals surface area (Å²) in [6, 6.07) is 5.56. The van der Waals surface area contributed by atoms with Crippen LogP contribution in [0.3, 0.4) is 0 Å². The highest BCUT2D eigenvalue weighted by Crippen LogP contribution is 2.42. The van der Waals surface area contributed by atoms with Crippen LogP contribution in [0.15, 0.2) is 18.2 Å². The molecule has 0 amide bonds. The molecule has 0 bridgehead atoms. The monoisotopic (exact) mass is 474 g/mol. The topological polar surface area (TPSA) is 85.8 Å². The van der Waals surface area contributed by atoms with Crippen molar-refractivity contribution >= 4 is 29.1 Å². The molecule has 1 N–H and O–H groups in total. The fourth-order valence-electron chi connectivity index (χ4n) is 4.20. The van der Waals surface area contributed by atoms with Crippen LogP contribution < -0.4 is 15.0 Å². The maximum Gasteiger partial charge on any atom is 0.352 e. The minimum absolute atomic E-state index is 0.168. The van der Waals surface area contributed by atoms with E-state index in [1.807, 2.05) is 45.9 Å². The number of anilines is 2. The van der Waals surface area contributed by atoms with E-state index in [2.05, 4.69) is 20.2 Å². The molecule has 0 spiro atoms. The lowest BCUT2D eigenvalue weighted by atomic mass is 10.0. The molecule has 1 aromatic heterocycles. The van der Waals surface area contributed by atoms with Gasteiger partial charge in [0.1, 0.15) is 17.4 Å². The van der Waals surface area contributed by atoms with Gasteiger partial charge >= 0.3 is 5.97 Å². The Hall–Kier alpha value is -2.58. The lowest BCUT2D eigenvalue weighted by molar-refractivity contribution is -0.164. The van der Waals surface area contributed by atoms with Crippen molar-refractivity contribution in [2.24, 2.45) is 0 Å². The normalized spacial score (nSPS) is 22.8. The highest BCUT2D eigenvalue weighted by molar-refractivity contribution is 6.31. The number of carbonyl (C=O) groups is 1. The molecule has 1 saturated heterocycles. The Kier molecular flexibility index (Phi) is 6.68. The Morgan fingerprint density at radius 3 is 2.82 bits per heavy atom. The molecule has 1 fully saturated rings. The largest absolute Gasteiger partial charge is 0.472 e. The predicted molar refractivity (Wildman–Crippen MR) is 127 cm³/mol. The summed E-state index contributed by atoms with van der Waals surface area (Å²) in [5.41, 5.74) is 1.37. The standard InChI is InChI=1S/C24H31ClN4O4/c1-14(2)32-23(30)24(5)13-26-19-11-18(25)17(10-21(19)33-24)20-12-31-8-6-7-29(20)22-9-15(3)27-16(4)28-22/h9-11,14,20,26H,6-8,12-13H2,1-5H3/t20-,24+/m1/s1. The summed E-state index contributed by atoms with van der Waals surface area (Å²) < 4.78 is 17.5. The first-order chi connectivity index (χ1) is 15.7. The van der Waals surface area contributed by atoms with Gasteiger partial charge in [-0.15, -0.1) is 0 Å². The van der Waals surface area contributed by atoms with Gasteiger partial charge in [0, 0.05) is 29.9 Å². The summed E-state index contributed by atoms with van der Waals surface area (Å²) in [6.07, 6.45) is 0.648. The van der Waals surface area contributed by atoms with Crippen molar-refractivity contribution in [1.29, 1.82) is 0 Å². The van der Waals surface area contributed by atoms with Crippen LogP contribution in [0.4, 0.5) is 11.5 Å². The molecule has 0 radical (unpaired) electrons. The van der Waals surface area contributed by atoms with E-state index in [0.717, 1.165) is 41.6 Å². The van der Waals surface area contributed by atoms with Gasteiger partial charge in [-0.05, 0) is 58.7 Å². The van der Waals surface area contributed by atoms with Crippen molar-refractivity contribution in [2.45, 2.75) is 58.8 Å². The fraction of sp³-hybridized carbons (Fsp3) is 0.542. The Morgan fingerprint density at radius 1 is 1.30 bits per heavy atom. The lowest BCUT2D eigenvalue weighted by Crippen LogP contribution is -2.51. The summed E-state index contributed by atoms with van der Waals surface area (Å²) in [5, 5.41) is 3.87. The number of benzene rings is 1. The van der Waals surface area contributed by atoms with Crippen molar-refractivity contribution in [3.8, 4) is 5.75 Å². The molecule has 2 aliphatic rings. The summed E-state index contributed by atoms with van der Waals surface area (Å²) in [7, 11) is 0. The molecule has 178 valence electrons. The number of nitrogens with one attached hydrogen (secondary N) is 1. The Labute approximate surface area is 199 Å². The number of nitrogens with zero attached hydrogens (tertiary/aromatic N) is 3. The van der Waals surface area contributed by atoms with Gasteiger partial charge in [-0.2, -0.15) is 0 Å². The smallest absolute Gasteiger partial charge is 0.352 e. The number of rotatable bonds is 4.